The molecule has 2 saturated heterocycles. The number of rotatable bonds is 4. The van der Waals surface area contributed by atoms with Gasteiger partial charge < -0.3 is 15.1 Å². The van der Waals surface area contributed by atoms with Crippen LogP contribution in [-0.4, -0.2) is 63.2 Å². The molecule has 3 aliphatic rings. The van der Waals surface area contributed by atoms with Gasteiger partial charge in [0.2, 0.25) is 11.8 Å². The second-order valence-corrected chi connectivity index (χ2v) is 8.11. The molecule has 29 heavy (non-hydrogen) atoms. The van der Waals surface area contributed by atoms with Crippen molar-refractivity contribution in [1.82, 2.24) is 19.6 Å². The summed E-state index contributed by atoms with van der Waals surface area (Å²) in [6.07, 6.45) is -1.21. The van der Waals surface area contributed by atoms with Crippen molar-refractivity contribution in [3.63, 3.8) is 0 Å². The number of alkyl halides is 3. The summed E-state index contributed by atoms with van der Waals surface area (Å²) in [5, 5.41) is 7.43. The van der Waals surface area contributed by atoms with E-state index in [4.69, 9.17) is 0 Å². The predicted molar refractivity (Wildman–Crippen MR) is 99.1 cm³/mol. The quantitative estimate of drug-likeness (QED) is 0.824. The number of amides is 2. The fourth-order valence-electron chi connectivity index (χ4n) is 4.60. The van der Waals surface area contributed by atoms with Crippen molar-refractivity contribution in [3.8, 4) is 0 Å². The Balaban J connectivity index is 1.56. The van der Waals surface area contributed by atoms with Gasteiger partial charge in [-0.3, -0.25) is 9.59 Å². The van der Waals surface area contributed by atoms with Crippen molar-refractivity contribution >= 4 is 17.6 Å². The van der Waals surface area contributed by atoms with Gasteiger partial charge in [-0.1, -0.05) is 6.92 Å². The molecule has 0 unspecified atom stereocenters. The number of carbonyl (C=O) groups excluding carboxylic acids is 2. The van der Waals surface area contributed by atoms with E-state index in [1.165, 1.54) is 0 Å². The third-order valence-electron chi connectivity index (χ3n) is 6.19. The number of hydrogen-bond donors (Lipinski definition) is 1. The van der Waals surface area contributed by atoms with Crippen LogP contribution in [0, 0.1) is 0 Å². The van der Waals surface area contributed by atoms with Crippen LogP contribution in [0.5, 0.6) is 0 Å². The summed E-state index contributed by atoms with van der Waals surface area (Å²) in [4.78, 5) is 27.8. The molecule has 7 nitrogen and oxygen atoms in total. The van der Waals surface area contributed by atoms with E-state index in [-0.39, 0.29) is 36.9 Å². The highest BCUT2D eigenvalue weighted by molar-refractivity contribution is 5.86. The van der Waals surface area contributed by atoms with Crippen molar-refractivity contribution in [2.24, 2.45) is 0 Å². The number of hydrogen-bond acceptors (Lipinski definition) is 4. The molecule has 0 aromatic carbocycles. The Labute approximate surface area is 167 Å². The second kappa shape index (κ2) is 7.53. The number of likely N-dealkylation sites (tertiary alicyclic amines) is 2. The molecule has 4 heterocycles. The average Bonchev–Trinajstić information content (AvgIpc) is 3.39. The first-order valence-corrected chi connectivity index (χ1v) is 10.3. The van der Waals surface area contributed by atoms with Crippen LogP contribution in [0.3, 0.4) is 0 Å². The number of anilines is 1. The topological polar surface area (TPSA) is 70.5 Å². The van der Waals surface area contributed by atoms with E-state index in [0.29, 0.717) is 43.9 Å². The van der Waals surface area contributed by atoms with Crippen LogP contribution in [0.15, 0.2) is 6.07 Å². The van der Waals surface area contributed by atoms with Gasteiger partial charge in [-0.05, 0) is 32.1 Å². The van der Waals surface area contributed by atoms with Gasteiger partial charge >= 0.3 is 6.18 Å². The lowest BCUT2D eigenvalue weighted by Gasteiger charge is -2.32. The monoisotopic (exact) mass is 413 g/mol. The average molecular weight is 413 g/mol. The number of nitrogens with one attached hydrogen (secondary N) is 1. The Morgan fingerprint density at radius 2 is 2.10 bits per heavy atom. The first-order valence-electron chi connectivity index (χ1n) is 10.3. The summed E-state index contributed by atoms with van der Waals surface area (Å²) in [7, 11) is 0. The number of halogens is 3. The molecule has 0 bridgehead atoms. The van der Waals surface area contributed by atoms with E-state index in [2.05, 4.69) is 10.4 Å². The molecule has 2 amide bonds. The van der Waals surface area contributed by atoms with Gasteiger partial charge in [-0.15, -0.1) is 0 Å². The Hall–Kier alpha value is -2.26. The first kappa shape index (κ1) is 20.0. The summed E-state index contributed by atoms with van der Waals surface area (Å²) in [5.41, 5.74) is 0.483. The standard InChI is InChI=1S/C19H26F3N5O2/c1-2-12-9-15(19(20,21)22)27-16(23-12)10-13(24-27)14-5-3-8-26(14)18(29)11-25-7-4-6-17(25)28/h10,12,14-15,23H,2-9,11H2,1H3/t12-,14-,15-/m1/s1. The van der Waals surface area contributed by atoms with Gasteiger partial charge in [0.25, 0.3) is 0 Å². The van der Waals surface area contributed by atoms with Gasteiger partial charge in [-0.2, -0.15) is 18.3 Å². The van der Waals surface area contributed by atoms with Crippen molar-refractivity contribution in [2.45, 2.75) is 69.8 Å². The molecule has 1 aromatic rings. The summed E-state index contributed by atoms with van der Waals surface area (Å²) in [6, 6.07) is -0.627. The molecule has 0 aliphatic carbocycles. The largest absolute Gasteiger partial charge is 0.410 e. The van der Waals surface area contributed by atoms with E-state index < -0.39 is 12.2 Å². The molecular weight excluding hydrogens is 387 g/mol. The molecule has 1 aromatic heterocycles. The van der Waals surface area contributed by atoms with Crippen LogP contribution in [0.1, 0.15) is 63.2 Å². The van der Waals surface area contributed by atoms with Crippen LogP contribution >= 0.6 is 0 Å². The Bertz CT molecular complexity index is 793. The van der Waals surface area contributed by atoms with Crippen LogP contribution in [0.2, 0.25) is 0 Å². The highest BCUT2D eigenvalue weighted by atomic mass is 19.4. The molecule has 10 heteroatoms. The Kier molecular flexibility index (Phi) is 5.20. The highest BCUT2D eigenvalue weighted by Gasteiger charge is 2.46. The minimum Gasteiger partial charge on any atom is -0.367 e. The third kappa shape index (κ3) is 3.81. The smallest absolute Gasteiger partial charge is 0.367 e. The fraction of sp³-hybridized carbons (Fsp3) is 0.737. The van der Waals surface area contributed by atoms with E-state index >= 15 is 0 Å². The zero-order chi connectivity index (χ0) is 20.8. The lowest BCUT2D eigenvalue weighted by Crippen LogP contribution is -2.40. The van der Waals surface area contributed by atoms with Gasteiger partial charge in [0.1, 0.15) is 5.82 Å². The van der Waals surface area contributed by atoms with E-state index in [1.54, 1.807) is 15.9 Å². The Morgan fingerprint density at radius 1 is 1.31 bits per heavy atom. The van der Waals surface area contributed by atoms with Crippen molar-refractivity contribution in [3.05, 3.63) is 11.8 Å². The van der Waals surface area contributed by atoms with E-state index in [1.807, 2.05) is 6.92 Å². The van der Waals surface area contributed by atoms with E-state index in [9.17, 15) is 22.8 Å². The molecule has 0 spiro atoms. The Morgan fingerprint density at radius 3 is 2.76 bits per heavy atom. The molecule has 160 valence electrons. The van der Waals surface area contributed by atoms with Gasteiger partial charge in [-0.25, -0.2) is 4.68 Å². The van der Waals surface area contributed by atoms with Crippen LogP contribution < -0.4 is 5.32 Å². The maximum absolute atomic E-state index is 13.6. The molecule has 0 saturated carbocycles. The lowest BCUT2D eigenvalue weighted by atomic mass is 10.0. The zero-order valence-corrected chi connectivity index (χ0v) is 16.4. The number of carbonyl (C=O) groups is 2. The van der Waals surface area contributed by atoms with Crippen molar-refractivity contribution in [2.75, 3.05) is 25.0 Å². The third-order valence-corrected chi connectivity index (χ3v) is 6.19. The fourth-order valence-corrected chi connectivity index (χ4v) is 4.60. The second-order valence-electron chi connectivity index (χ2n) is 8.11. The minimum absolute atomic E-state index is 0.0191. The molecule has 1 N–H and O–H groups in total. The molecule has 0 radical (unpaired) electrons. The molecule has 2 fully saturated rings. The molecule has 4 rings (SSSR count). The summed E-state index contributed by atoms with van der Waals surface area (Å²) in [5.74, 6) is 0.171. The van der Waals surface area contributed by atoms with Gasteiger partial charge in [0, 0.05) is 31.6 Å². The first-order chi connectivity index (χ1) is 13.8. The van der Waals surface area contributed by atoms with Gasteiger partial charge in [0.15, 0.2) is 6.04 Å². The maximum atomic E-state index is 13.6. The zero-order valence-electron chi connectivity index (χ0n) is 16.4. The van der Waals surface area contributed by atoms with Gasteiger partial charge in [0.05, 0.1) is 18.3 Å². The normalized spacial score (nSPS) is 27.3. The van der Waals surface area contributed by atoms with Crippen LogP contribution in [-0.2, 0) is 9.59 Å². The number of fused-ring (bicyclic) bond motifs is 1. The van der Waals surface area contributed by atoms with Crippen LogP contribution in [0.25, 0.3) is 0 Å². The molecule has 3 atom stereocenters. The summed E-state index contributed by atoms with van der Waals surface area (Å²) < 4.78 is 41.8. The molecule has 3 aliphatic heterocycles. The summed E-state index contributed by atoms with van der Waals surface area (Å²) >= 11 is 0. The SMILES string of the molecule is CC[C@@H]1C[C@H](C(F)(F)F)n2nc([C@H]3CCCN3C(=O)CN3CCCC3=O)cc2N1. The van der Waals surface area contributed by atoms with Crippen molar-refractivity contribution < 1.29 is 22.8 Å². The van der Waals surface area contributed by atoms with E-state index in [0.717, 1.165) is 17.5 Å². The predicted octanol–water partition coefficient (Wildman–Crippen LogP) is 2.87. The highest BCUT2D eigenvalue weighted by Crippen LogP contribution is 2.42. The minimum atomic E-state index is -4.38. The number of nitrogens with zero attached hydrogens (tertiary/aromatic N) is 4. The summed E-state index contributed by atoms with van der Waals surface area (Å²) in [6.45, 7) is 3.00. The molecular formula is C19H26F3N5O2. The van der Waals surface area contributed by atoms with Crippen LogP contribution in [0.4, 0.5) is 19.0 Å². The maximum Gasteiger partial charge on any atom is 0.410 e. The van der Waals surface area contributed by atoms with Crippen molar-refractivity contribution in [1.29, 1.82) is 0 Å². The lowest BCUT2D eigenvalue weighted by molar-refractivity contribution is -0.173. The number of aromatic nitrogens is 2.